The molecule has 0 unspecified atom stereocenters. The predicted molar refractivity (Wildman–Crippen MR) is 69.2 cm³/mol. The fourth-order valence-corrected chi connectivity index (χ4v) is 1.63. The van der Waals surface area contributed by atoms with E-state index < -0.39 is 0 Å². The second kappa shape index (κ2) is 6.90. The number of carbonyl (C=O) groups is 1. The molecule has 0 aliphatic carbocycles. The molecule has 0 aliphatic heterocycles. The van der Waals surface area contributed by atoms with E-state index in [-0.39, 0.29) is 18.0 Å². The van der Waals surface area contributed by atoms with Crippen molar-refractivity contribution in [3.8, 4) is 0 Å². The van der Waals surface area contributed by atoms with Crippen molar-refractivity contribution in [2.45, 2.75) is 27.3 Å². The molecular formula is C12H20N4O2. The summed E-state index contributed by atoms with van der Waals surface area (Å²) in [6.45, 7) is 8.07. The molecule has 100 valence electrons. The van der Waals surface area contributed by atoms with Crippen LogP contribution in [0.2, 0.25) is 0 Å². The molecule has 1 amide bonds. The molecule has 2 N–H and O–H groups in total. The third kappa shape index (κ3) is 4.67. The van der Waals surface area contributed by atoms with Gasteiger partial charge in [0.15, 0.2) is 0 Å². The molecule has 0 atom stereocenters. The minimum atomic E-state index is -0.199. The van der Waals surface area contributed by atoms with Gasteiger partial charge in [0.05, 0.1) is 18.8 Å². The van der Waals surface area contributed by atoms with Crippen molar-refractivity contribution in [3.63, 3.8) is 0 Å². The van der Waals surface area contributed by atoms with Crippen molar-refractivity contribution in [3.05, 3.63) is 27.9 Å². The molecule has 6 heteroatoms. The maximum atomic E-state index is 11.6. The lowest BCUT2D eigenvalue weighted by Gasteiger charge is -2.17. The van der Waals surface area contributed by atoms with Crippen LogP contribution in [0.15, 0.2) is 10.9 Å². The molecule has 1 heterocycles. The minimum absolute atomic E-state index is 0.0570. The van der Waals surface area contributed by atoms with Crippen molar-refractivity contribution in [2.24, 2.45) is 0 Å². The number of aromatic amines is 1. The molecule has 1 rings (SSSR count). The topological polar surface area (TPSA) is 78.1 Å². The third-order valence-corrected chi connectivity index (χ3v) is 2.64. The minimum Gasteiger partial charge on any atom is -0.349 e. The number of amides is 1. The number of rotatable bonds is 6. The molecule has 0 bridgehead atoms. The van der Waals surface area contributed by atoms with E-state index in [1.807, 2.05) is 18.7 Å². The number of carbonyl (C=O) groups excluding carboxylic acids is 1. The van der Waals surface area contributed by atoms with Gasteiger partial charge in [-0.15, -0.1) is 0 Å². The molecule has 0 radical (unpaired) electrons. The third-order valence-electron chi connectivity index (χ3n) is 2.64. The Morgan fingerprint density at radius 2 is 2.11 bits per heavy atom. The van der Waals surface area contributed by atoms with Gasteiger partial charge in [-0.05, 0) is 20.0 Å². The average Bonchev–Trinajstić information content (AvgIpc) is 2.32. The van der Waals surface area contributed by atoms with Gasteiger partial charge in [0.25, 0.3) is 5.56 Å². The van der Waals surface area contributed by atoms with Gasteiger partial charge in [-0.3, -0.25) is 14.5 Å². The molecule has 0 aromatic carbocycles. The van der Waals surface area contributed by atoms with E-state index in [0.717, 1.165) is 13.1 Å². The Hall–Kier alpha value is -1.69. The molecule has 0 saturated heterocycles. The Balaban J connectivity index is 2.49. The SMILES string of the molecule is CCN(CC)CC(=O)NCc1cc(=O)[nH]c(C)n1. The Kier molecular flexibility index (Phi) is 5.51. The molecule has 6 nitrogen and oxygen atoms in total. The van der Waals surface area contributed by atoms with Crippen molar-refractivity contribution in [1.29, 1.82) is 0 Å². The van der Waals surface area contributed by atoms with Crippen LogP contribution in [0.4, 0.5) is 0 Å². The van der Waals surface area contributed by atoms with Crippen LogP contribution in [0.5, 0.6) is 0 Å². The largest absolute Gasteiger partial charge is 0.349 e. The highest BCUT2D eigenvalue weighted by molar-refractivity contribution is 5.77. The predicted octanol–water partition coefficient (Wildman–Crippen LogP) is 0.0363. The number of nitrogens with one attached hydrogen (secondary N) is 2. The first-order valence-electron chi connectivity index (χ1n) is 6.11. The van der Waals surface area contributed by atoms with Gasteiger partial charge in [0.1, 0.15) is 5.82 Å². The highest BCUT2D eigenvalue weighted by Crippen LogP contribution is 1.91. The lowest BCUT2D eigenvalue weighted by Crippen LogP contribution is -2.37. The summed E-state index contributed by atoms with van der Waals surface area (Å²) in [6.07, 6.45) is 0. The summed E-state index contributed by atoms with van der Waals surface area (Å²) in [4.78, 5) is 31.6. The summed E-state index contributed by atoms with van der Waals surface area (Å²) in [5.41, 5.74) is 0.375. The van der Waals surface area contributed by atoms with Crippen molar-refractivity contribution >= 4 is 5.91 Å². The fraction of sp³-hybridized carbons (Fsp3) is 0.583. The van der Waals surface area contributed by atoms with E-state index in [4.69, 9.17) is 0 Å². The van der Waals surface area contributed by atoms with E-state index in [1.54, 1.807) is 6.92 Å². The Morgan fingerprint density at radius 1 is 1.44 bits per heavy atom. The quantitative estimate of drug-likeness (QED) is 0.749. The second-order valence-corrected chi connectivity index (χ2v) is 4.06. The number of likely N-dealkylation sites (N-methyl/N-ethyl adjacent to an activating group) is 1. The Labute approximate surface area is 106 Å². The monoisotopic (exact) mass is 252 g/mol. The van der Waals surface area contributed by atoms with Crippen LogP contribution in [0.1, 0.15) is 25.4 Å². The van der Waals surface area contributed by atoms with Crippen LogP contribution in [0.25, 0.3) is 0 Å². The lowest BCUT2D eigenvalue weighted by molar-refractivity contribution is -0.122. The summed E-state index contributed by atoms with van der Waals surface area (Å²) < 4.78 is 0. The first-order chi connectivity index (χ1) is 8.55. The van der Waals surface area contributed by atoms with E-state index in [0.29, 0.717) is 18.1 Å². The van der Waals surface area contributed by atoms with Crippen molar-refractivity contribution in [1.82, 2.24) is 20.2 Å². The summed E-state index contributed by atoms with van der Waals surface area (Å²) in [5.74, 6) is 0.494. The highest BCUT2D eigenvalue weighted by atomic mass is 16.2. The second-order valence-electron chi connectivity index (χ2n) is 4.06. The molecule has 0 spiro atoms. The summed E-state index contributed by atoms with van der Waals surface area (Å²) >= 11 is 0. The average molecular weight is 252 g/mol. The van der Waals surface area contributed by atoms with Crippen molar-refractivity contribution < 1.29 is 4.79 Å². The standard InChI is InChI=1S/C12H20N4O2/c1-4-16(5-2)8-12(18)13-7-10-6-11(17)15-9(3)14-10/h6H,4-5,7-8H2,1-3H3,(H,13,18)(H,14,15,17). The summed E-state index contributed by atoms with van der Waals surface area (Å²) in [6, 6.07) is 1.39. The fourth-order valence-electron chi connectivity index (χ4n) is 1.63. The van der Waals surface area contributed by atoms with E-state index in [9.17, 15) is 9.59 Å². The number of hydrogen-bond donors (Lipinski definition) is 2. The highest BCUT2D eigenvalue weighted by Gasteiger charge is 2.07. The van der Waals surface area contributed by atoms with Gasteiger partial charge >= 0.3 is 0 Å². The van der Waals surface area contributed by atoms with E-state index in [2.05, 4.69) is 15.3 Å². The number of hydrogen-bond acceptors (Lipinski definition) is 4. The number of aryl methyl sites for hydroxylation is 1. The first kappa shape index (κ1) is 14.4. The number of H-pyrrole nitrogens is 1. The first-order valence-corrected chi connectivity index (χ1v) is 6.11. The maximum absolute atomic E-state index is 11.6. The van der Waals surface area contributed by atoms with Gasteiger partial charge in [0, 0.05) is 6.07 Å². The normalized spacial score (nSPS) is 10.7. The van der Waals surface area contributed by atoms with Crippen LogP contribution in [0, 0.1) is 6.92 Å². The zero-order valence-corrected chi connectivity index (χ0v) is 11.1. The van der Waals surface area contributed by atoms with Gasteiger partial charge in [0.2, 0.25) is 5.91 Å². The van der Waals surface area contributed by atoms with Crippen LogP contribution in [-0.4, -0.2) is 40.4 Å². The summed E-state index contributed by atoms with van der Waals surface area (Å²) in [5, 5.41) is 2.76. The van der Waals surface area contributed by atoms with Crippen molar-refractivity contribution in [2.75, 3.05) is 19.6 Å². The molecule has 0 saturated carbocycles. The Morgan fingerprint density at radius 3 is 2.67 bits per heavy atom. The Bertz CT molecular complexity index is 452. The number of nitrogens with zero attached hydrogens (tertiary/aromatic N) is 2. The van der Waals surface area contributed by atoms with Gasteiger partial charge < -0.3 is 10.3 Å². The molecule has 1 aromatic heterocycles. The molecular weight excluding hydrogens is 232 g/mol. The maximum Gasteiger partial charge on any atom is 0.251 e. The lowest BCUT2D eigenvalue weighted by atomic mass is 10.3. The van der Waals surface area contributed by atoms with E-state index in [1.165, 1.54) is 6.07 Å². The van der Waals surface area contributed by atoms with Crippen LogP contribution in [0.3, 0.4) is 0 Å². The molecule has 0 aliphatic rings. The van der Waals surface area contributed by atoms with Gasteiger partial charge in [-0.2, -0.15) is 0 Å². The van der Waals surface area contributed by atoms with E-state index >= 15 is 0 Å². The van der Waals surface area contributed by atoms with Gasteiger partial charge in [-0.1, -0.05) is 13.8 Å². The molecule has 1 aromatic rings. The zero-order valence-electron chi connectivity index (χ0n) is 11.1. The zero-order chi connectivity index (χ0) is 13.5. The summed E-state index contributed by atoms with van der Waals surface area (Å²) in [7, 11) is 0. The van der Waals surface area contributed by atoms with Crippen LogP contribution < -0.4 is 10.9 Å². The molecule has 18 heavy (non-hydrogen) atoms. The molecule has 0 fully saturated rings. The van der Waals surface area contributed by atoms with Crippen LogP contribution in [-0.2, 0) is 11.3 Å². The van der Waals surface area contributed by atoms with Crippen LogP contribution >= 0.6 is 0 Å². The number of aromatic nitrogens is 2. The smallest absolute Gasteiger partial charge is 0.251 e. The van der Waals surface area contributed by atoms with Gasteiger partial charge in [-0.25, -0.2) is 4.98 Å².